The van der Waals surface area contributed by atoms with E-state index in [2.05, 4.69) is 14.9 Å². The van der Waals surface area contributed by atoms with Crippen molar-refractivity contribution >= 4 is 11.9 Å². The van der Waals surface area contributed by atoms with Gasteiger partial charge in [0.1, 0.15) is 0 Å². The minimum atomic E-state index is -0.692. The standard InChI is InChI=1S/C13H19N3O2/c1-8-6-9(2)15-13(14-8)16-5-4-11(12(17)18)7-10(16)3/h6,10-11H,4-5,7H2,1-3H3,(H,17,18). The molecule has 2 atom stereocenters. The van der Waals surface area contributed by atoms with E-state index in [4.69, 9.17) is 5.11 Å². The Morgan fingerprint density at radius 2 is 2.00 bits per heavy atom. The van der Waals surface area contributed by atoms with Gasteiger partial charge in [-0.1, -0.05) is 0 Å². The number of hydrogen-bond donors (Lipinski definition) is 1. The van der Waals surface area contributed by atoms with Crippen LogP contribution >= 0.6 is 0 Å². The molecule has 1 fully saturated rings. The van der Waals surface area contributed by atoms with Gasteiger partial charge in [-0.3, -0.25) is 4.79 Å². The van der Waals surface area contributed by atoms with E-state index in [1.807, 2.05) is 26.8 Å². The quantitative estimate of drug-likeness (QED) is 0.865. The molecule has 1 N–H and O–H groups in total. The second-order valence-corrected chi connectivity index (χ2v) is 5.05. The molecule has 1 aromatic rings. The highest BCUT2D eigenvalue weighted by Gasteiger charge is 2.30. The third-order valence-electron chi connectivity index (χ3n) is 3.45. The van der Waals surface area contributed by atoms with Crippen molar-refractivity contribution in [2.45, 2.75) is 39.7 Å². The summed E-state index contributed by atoms with van der Waals surface area (Å²) in [6.07, 6.45) is 1.32. The van der Waals surface area contributed by atoms with Crippen molar-refractivity contribution in [2.24, 2.45) is 5.92 Å². The van der Waals surface area contributed by atoms with Crippen LogP contribution < -0.4 is 4.90 Å². The summed E-state index contributed by atoms with van der Waals surface area (Å²) in [5.74, 6) is -0.200. The van der Waals surface area contributed by atoms with Crippen LogP contribution in [-0.4, -0.2) is 33.6 Å². The number of nitrogens with zero attached hydrogens (tertiary/aromatic N) is 3. The van der Waals surface area contributed by atoms with Gasteiger partial charge in [0.25, 0.3) is 0 Å². The monoisotopic (exact) mass is 249 g/mol. The molecule has 1 aliphatic heterocycles. The summed E-state index contributed by atoms with van der Waals surface area (Å²) >= 11 is 0. The number of aliphatic carboxylic acids is 1. The fourth-order valence-corrected chi connectivity index (χ4v) is 2.53. The number of piperidine rings is 1. The molecular formula is C13H19N3O2. The lowest BCUT2D eigenvalue weighted by atomic mass is 9.92. The van der Waals surface area contributed by atoms with E-state index in [1.54, 1.807) is 0 Å². The lowest BCUT2D eigenvalue weighted by Gasteiger charge is -2.36. The highest BCUT2D eigenvalue weighted by molar-refractivity contribution is 5.70. The van der Waals surface area contributed by atoms with Crippen molar-refractivity contribution in [3.63, 3.8) is 0 Å². The lowest BCUT2D eigenvalue weighted by Crippen LogP contribution is -2.43. The number of aromatic nitrogens is 2. The molecule has 1 aliphatic rings. The van der Waals surface area contributed by atoms with E-state index in [0.717, 1.165) is 17.3 Å². The number of hydrogen-bond acceptors (Lipinski definition) is 4. The first-order valence-electron chi connectivity index (χ1n) is 6.29. The zero-order valence-electron chi connectivity index (χ0n) is 11.1. The Kier molecular flexibility index (Phi) is 3.50. The number of carbonyl (C=O) groups is 1. The van der Waals surface area contributed by atoms with Gasteiger partial charge in [-0.15, -0.1) is 0 Å². The van der Waals surface area contributed by atoms with Gasteiger partial charge in [0, 0.05) is 24.0 Å². The maximum absolute atomic E-state index is 11.0. The van der Waals surface area contributed by atoms with Gasteiger partial charge < -0.3 is 10.0 Å². The lowest BCUT2D eigenvalue weighted by molar-refractivity contribution is -0.142. The van der Waals surface area contributed by atoms with Crippen molar-refractivity contribution in [2.75, 3.05) is 11.4 Å². The summed E-state index contributed by atoms with van der Waals surface area (Å²) < 4.78 is 0. The predicted molar refractivity (Wildman–Crippen MR) is 68.7 cm³/mol. The van der Waals surface area contributed by atoms with Crippen LogP contribution in [-0.2, 0) is 4.79 Å². The Balaban J connectivity index is 2.17. The molecule has 0 aromatic carbocycles. The van der Waals surface area contributed by atoms with E-state index in [1.165, 1.54) is 0 Å². The van der Waals surface area contributed by atoms with E-state index < -0.39 is 5.97 Å². The average Bonchev–Trinajstić information content (AvgIpc) is 2.27. The zero-order chi connectivity index (χ0) is 13.3. The van der Waals surface area contributed by atoms with Crippen LogP contribution in [0.3, 0.4) is 0 Å². The molecule has 5 nitrogen and oxygen atoms in total. The van der Waals surface area contributed by atoms with Gasteiger partial charge in [-0.25, -0.2) is 9.97 Å². The Morgan fingerprint density at radius 1 is 1.39 bits per heavy atom. The topological polar surface area (TPSA) is 66.3 Å². The van der Waals surface area contributed by atoms with E-state index in [-0.39, 0.29) is 12.0 Å². The molecule has 0 spiro atoms. The molecule has 0 bridgehead atoms. The van der Waals surface area contributed by atoms with E-state index in [0.29, 0.717) is 19.4 Å². The second kappa shape index (κ2) is 4.92. The summed E-state index contributed by atoms with van der Waals surface area (Å²) in [5.41, 5.74) is 1.90. The van der Waals surface area contributed by atoms with Crippen LogP contribution in [0.15, 0.2) is 6.07 Å². The summed E-state index contributed by atoms with van der Waals surface area (Å²) in [7, 11) is 0. The molecule has 2 unspecified atom stereocenters. The van der Waals surface area contributed by atoms with Crippen molar-refractivity contribution in [3.05, 3.63) is 17.5 Å². The number of anilines is 1. The minimum absolute atomic E-state index is 0.168. The molecule has 5 heteroatoms. The zero-order valence-corrected chi connectivity index (χ0v) is 11.1. The number of carboxylic acid groups (broad SMARTS) is 1. The van der Waals surface area contributed by atoms with E-state index >= 15 is 0 Å². The maximum Gasteiger partial charge on any atom is 0.306 e. The Labute approximate surface area is 107 Å². The average molecular weight is 249 g/mol. The summed E-state index contributed by atoms with van der Waals surface area (Å²) in [6.45, 7) is 6.65. The Morgan fingerprint density at radius 3 is 2.50 bits per heavy atom. The number of carboxylic acids is 1. The van der Waals surface area contributed by atoms with Gasteiger partial charge in [0.15, 0.2) is 0 Å². The molecule has 2 heterocycles. The van der Waals surface area contributed by atoms with Crippen LogP contribution in [0.5, 0.6) is 0 Å². The first kappa shape index (κ1) is 12.8. The van der Waals surface area contributed by atoms with Crippen molar-refractivity contribution in [1.29, 1.82) is 0 Å². The number of aryl methyl sites for hydroxylation is 2. The van der Waals surface area contributed by atoms with Crippen LogP contribution in [0, 0.1) is 19.8 Å². The van der Waals surface area contributed by atoms with Gasteiger partial charge >= 0.3 is 5.97 Å². The largest absolute Gasteiger partial charge is 0.481 e. The molecule has 0 aliphatic carbocycles. The molecule has 98 valence electrons. The fourth-order valence-electron chi connectivity index (χ4n) is 2.53. The fraction of sp³-hybridized carbons (Fsp3) is 0.615. The highest BCUT2D eigenvalue weighted by Crippen LogP contribution is 2.26. The van der Waals surface area contributed by atoms with Crippen molar-refractivity contribution in [1.82, 2.24) is 9.97 Å². The third kappa shape index (κ3) is 2.60. The first-order chi connectivity index (χ1) is 8.47. The molecule has 18 heavy (non-hydrogen) atoms. The minimum Gasteiger partial charge on any atom is -0.481 e. The predicted octanol–water partition coefficient (Wildman–Crippen LogP) is 1.78. The van der Waals surface area contributed by atoms with Crippen LogP contribution in [0.1, 0.15) is 31.2 Å². The van der Waals surface area contributed by atoms with Crippen LogP contribution in [0.25, 0.3) is 0 Å². The SMILES string of the molecule is Cc1cc(C)nc(N2CCC(C(=O)O)CC2C)n1. The van der Waals surface area contributed by atoms with Gasteiger partial charge in [0.2, 0.25) is 5.95 Å². The molecule has 2 rings (SSSR count). The van der Waals surface area contributed by atoms with Crippen molar-refractivity contribution < 1.29 is 9.90 Å². The third-order valence-corrected chi connectivity index (χ3v) is 3.45. The molecule has 0 amide bonds. The normalized spacial score (nSPS) is 24.1. The van der Waals surface area contributed by atoms with Crippen LogP contribution in [0.2, 0.25) is 0 Å². The summed E-state index contributed by atoms with van der Waals surface area (Å²) in [5, 5.41) is 9.05. The van der Waals surface area contributed by atoms with Gasteiger partial charge in [-0.2, -0.15) is 0 Å². The molecule has 0 saturated carbocycles. The smallest absolute Gasteiger partial charge is 0.306 e. The highest BCUT2D eigenvalue weighted by atomic mass is 16.4. The van der Waals surface area contributed by atoms with Crippen molar-refractivity contribution in [3.8, 4) is 0 Å². The second-order valence-electron chi connectivity index (χ2n) is 5.05. The Hall–Kier alpha value is -1.65. The number of rotatable bonds is 2. The van der Waals surface area contributed by atoms with Gasteiger partial charge in [0.05, 0.1) is 5.92 Å². The molecule has 1 saturated heterocycles. The molecule has 1 aromatic heterocycles. The molecule has 0 radical (unpaired) electrons. The van der Waals surface area contributed by atoms with Gasteiger partial charge in [-0.05, 0) is 39.7 Å². The Bertz CT molecular complexity index is 441. The van der Waals surface area contributed by atoms with Crippen LogP contribution in [0.4, 0.5) is 5.95 Å². The summed E-state index contributed by atoms with van der Waals surface area (Å²) in [4.78, 5) is 22.0. The van der Waals surface area contributed by atoms with E-state index in [9.17, 15) is 4.79 Å². The maximum atomic E-state index is 11.0. The first-order valence-corrected chi connectivity index (χ1v) is 6.29. The summed E-state index contributed by atoms with van der Waals surface area (Å²) in [6, 6.07) is 2.11. The molecular weight excluding hydrogens is 230 g/mol.